The van der Waals surface area contributed by atoms with E-state index in [0.29, 0.717) is 0 Å². The number of benzene rings is 9. The number of hydrogen-bond donors (Lipinski definition) is 0. The summed E-state index contributed by atoms with van der Waals surface area (Å²) in [7, 11) is 0. The quantitative estimate of drug-likeness (QED) is 0.164. The zero-order chi connectivity index (χ0) is 57.2. The van der Waals surface area contributed by atoms with Gasteiger partial charge in [0, 0.05) is 61.1 Å². The molecule has 1 fully saturated rings. The normalized spacial score (nSPS) is 21.9. The van der Waals surface area contributed by atoms with E-state index < -0.39 is 0 Å². The molecule has 6 heteroatoms. The molecule has 416 valence electrons. The average molecular weight is 1100 g/mol. The van der Waals surface area contributed by atoms with Gasteiger partial charge in [0.1, 0.15) is 11.2 Å². The summed E-state index contributed by atoms with van der Waals surface area (Å²) in [6, 6.07) is 65.3. The maximum Gasteiger partial charge on any atom is 0.252 e. The lowest BCUT2D eigenvalue weighted by Crippen LogP contribution is -2.62. The van der Waals surface area contributed by atoms with Crippen molar-refractivity contribution >= 4 is 112 Å². The van der Waals surface area contributed by atoms with E-state index in [1.165, 1.54) is 102 Å². The highest BCUT2D eigenvalue weighted by Crippen LogP contribution is 2.63. The predicted molar refractivity (Wildman–Crippen MR) is 354 cm³/mol. The van der Waals surface area contributed by atoms with Crippen LogP contribution in [0.1, 0.15) is 148 Å². The lowest BCUT2D eigenvalue weighted by molar-refractivity contribution is 0.195. The van der Waals surface area contributed by atoms with E-state index in [2.05, 4.69) is 254 Å². The zero-order valence-electron chi connectivity index (χ0n) is 50.6. The number of hydrogen-bond acceptors (Lipinski definition) is 5. The minimum absolute atomic E-state index is 0.0234. The highest BCUT2D eigenvalue weighted by Gasteiger charge is 2.59. The van der Waals surface area contributed by atoms with E-state index in [1.807, 2.05) is 0 Å². The molecular weight excluding hydrogens is 1020 g/mol. The number of anilines is 8. The van der Waals surface area contributed by atoms with Gasteiger partial charge in [0.2, 0.25) is 0 Å². The Bertz CT molecular complexity index is 4420. The molecular formula is C78H74BN3O2. The van der Waals surface area contributed by atoms with Crippen LogP contribution >= 0.6 is 0 Å². The third-order valence-corrected chi connectivity index (χ3v) is 22.7. The van der Waals surface area contributed by atoms with Gasteiger partial charge in [-0.3, -0.25) is 0 Å². The Kier molecular flexibility index (Phi) is 10.2. The van der Waals surface area contributed by atoms with Gasteiger partial charge in [-0.15, -0.1) is 0 Å². The summed E-state index contributed by atoms with van der Waals surface area (Å²) in [6.07, 6.45) is 9.11. The van der Waals surface area contributed by atoms with Gasteiger partial charge >= 0.3 is 0 Å². The molecule has 0 spiro atoms. The first-order valence-electron chi connectivity index (χ1n) is 31.3. The summed E-state index contributed by atoms with van der Waals surface area (Å²) in [5, 5.41) is 4.53. The van der Waals surface area contributed by atoms with Crippen LogP contribution in [0.25, 0.3) is 55.0 Å². The Labute approximate surface area is 495 Å². The third-order valence-electron chi connectivity index (χ3n) is 22.7. The van der Waals surface area contributed by atoms with Crippen LogP contribution in [0.4, 0.5) is 45.5 Å². The van der Waals surface area contributed by atoms with Crippen molar-refractivity contribution in [3.05, 3.63) is 198 Å². The van der Waals surface area contributed by atoms with Crippen LogP contribution in [0.2, 0.25) is 0 Å². The molecule has 1 saturated carbocycles. The first-order chi connectivity index (χ1) is 40.4. The van der Waals surface area contributed by atoms with Gasteiger partial charge < -0.3 is 23.5 Å². The summed E-state index contributed by atoms with van der Waals surface area (Å²) >= 11 is 0. The molecule has 6 aliphatic rings. The Morgan fingerprint density at radius 1 is 0.357 bits per heavy atom. The lowest BCUT2D eigenvalue weighted by Gasteiger charge is -2.51. The lowest BCUT2D eigenvalue weighted by atomic mass is 9.32. The van der Waals surface area contributed by atoms with E-state index >= 15 is 0 Å². The van der Waals surface area contributed by atoms with E-state index in [-0.39, 0.29) is 39.3 Å². The first kappa shape index (κ1) is 50.5. The highest BCUT2D eigenvalue weighted by atomic mass is 16.3. The average Bonchev–Trinajstić information content (AvgIpc) is 1.06. The van der Waals surface area contributed by atoms with E-state index in [4.69, 9.17) is 8.83 Å². The molecule has 2 aromatic heterocycles. The van der Waals surface area contributed by atoms with E-state index in [0.717, 1.165) is 93.8 Å². The Morgan fingerprint density at radius 3 is 1.35 bits per heavy atom. The maximum absolute atomic E-state index is 7.23. The summed E-state index contributed by atoms with van der Waals surface area (Å²) in [5.41, 5.74) is 26.5. The van der Waals surface area contributed by atoms with Crippen molar-refractivity contribution in [2.24, 2.45) is 0 Å². The summed E-state index contributed by atoms with van der Waals surface area (Å²) in [5.74, 6) is 0. The van der Waals surface area contributed by atoms with Crippen LogP contribution in [0.5, 0.6) is 0 Å². The van der Waals surface area contributed by atoms with Crippen LogP contribution < -0.4 is 31.1 Å². The zero-order valence-corrected chi connectivity index (χ0v) is 50.6. The molecule has 0 saturated heterocycles. The molecule has 0 radical (unpaired) electrons. The SMILES string of the molecule is CC1(C)CCC(C)(C)c2cc3c(cc21)B1c2cc4c(cc2N(c2cccc5c2oc2ccccc25)c2cc(N5c6ccc(-c7ccccc7)cc6C6(C)CCCCC56C)cc(c21)N3c1cccc2c1oc1ccccc12)C(C)(C)CCC4(C)C. The van der Waals surface area contributed by atoms with Crippen molar-refractivity contribution in [2.75, 3.05) is 14.7 Å². The molecule has 5 nitrogen and oxygen atoms in total. The van der Waals surface area contributed by atoms with Crippen molar-refractivity contribution < 1.29 is 8.83 Å². The summed E-state index contributed by atoms with van der Waals surface area (Å²) in [6.45, 7) is 25.0. The maximum atomic E-state index is 7.23. The van der Waals surface area contributed by atoms with E-state index in [9.17, 15) is 0 Å². The molecule has 2 atom stereocenters. The van der Waals surface area contributed by atoms with Crippen molar-refractivity contribution in [1.82, 2.24) is 0 Å². The monoisotopic (exact) mass is 1100 g/mol. The molecule has 5 heterocycles. The van der Waals surface area contributed by atoms with Gasteiger partial charge in [-0.25, -0.2) is 0 Å². The summed E-state index contributed by atoms with van der Waals surface area (Å²) in [4.78, 5) is 8.17. The van der Waals surface area contributed by atoms with Crippen LogP contribution in [0, 0.1) is 0 Å². The molecule has 2 unspecified atom stereocenters. The number of furan rings is 2. The molecule has 84 heavy (non-hydrogen) atoms. The van der Waals surface area contributed by atoms with Gasteiger partial charge in [0.15, 0.2) is 11.2 Å². The van der Waals surface area contributed by atoms with Crippen LogP contribution in [-0.4, -0.2) is 12.3 Å². The number of nitrogens with zero attached hydrogens (tertiary/aromatic N) is 3. The fourth-order valence-corrected chi connectivity index (χ4v) is 17.5. The van der Waals surface area contributed by atoms with Gasteiger partial charge in [-0.1, -0.05) is 184 Å². The second kappa shape index (κ2) is 16.9. The minimum atomic E-state index is -0.237. The molecule has 17 rings (SSSR count). The molecule has 3 aliphatic heterocycles. The standard InChI is InChI=1S/C78H74BN3O2/c1-73(2)36-38-75(5,6)56-45-64-59(43-54(56)73)79-60-44-55-57(76(7,8)39-37-74(55,3)4)46-65(60)81(63-29-21-27-53-51-25-15-17-31-69(51)84-72(53)63)67-42-49(41-66(70(67)79)80(64)62-28-20-26-52-50-24-14-16-30-68(50)83-71(52)62)82-61-33-32-48(47-22-12-11-13-23-47)40-58(61)77(9)34-18-19-35-78(77,82)10/h11-17,20-33,40-46H,18-19,34-39H2,1-10H3. The fourth-order valence-electron chi connectivity index (χ4n) is 17.5. The molecule has 0 amide bonds. The van der Waals surface area contributed by atoms with Gasteiger partial charge in [-0.05, 0) is 183 Å². The Hall–Kier alpha value is -7.96. The van der Waals surface area contributed by atoms with Crippen molar-refractivity contribution in [1.29, 1.82) is 0 Å². The molecule has 9 aromatic carbocycles. The topological polar surface area (TPSA) is 36.0 Å². The Balaban J connectivity index is 1.05. The summed E-state index contributed by atoms with van der Waals surface area (Å²) < 4.78 is 14.5. The minimum Gasteiger partial charge on any atom is -0.454 e. The van der Waals surface area contributed by atoms with E-state index in [1.54, 1.807) is 0 Å². The second-order valence-electron chi connectivity index (χ2n) is 29.2. The van der Waals surface area contributed by atoms with Crippen molar-refractivity contribution in [3.63, 3.8) is 0 Å². The molecule has 11 aromatic rings. The number of rotatable bonds is 4. The predicted octanol–water partition coefficient (Wildman–Crippen LogP) is 19.7. The van der Waals surface area contributed by atoms with Gasteiger partial charge in [0.05, 0.1) is 16.9 Å². The molecule has 0 N–H and O–H groups in total. The smallest absolute Gasteiger partial charge is 0.252 e. The molecule has 3 aliphatic carbocycles. The van der Waals surface area contributed by atoms with Gasteiger partial charge in [0.25, 0.3) is 6.71 Å². The van der Waals surface area contributed by atoms with Crippen molar-refractivity contribution in [2.45, 2.75) is 153 Å². The third kappa shape index (κ3) is 6.69. The van der Waals surface area contributed by atoms with Crippen molar-refractivity contribution in [3.8, 4) is 11.1 Å². The van der Waals surface area contributed by atoms with Gasteiger partial charge in [-0.2, -0.15) is 0 Å². The fraction of sp³-hybridized carbons (Fsp3) is 0.308. The van der Waals surface area contributed by atoms with Crippen LogP contribution in [0.3, 0.4) is 0 Å². The number of fused-ring (bicyclic) bond motifs is 15. The van der Waals surface area contributed by atoms with Crippen LogP contribution in [0.15, 0.2) is 179 Å². The van der Waals surface area contributed by atoms with Crippen LogP contribution in [-0.2, 0) is 27.1 Å². The molecule has 0 bridgehead atoms. The highest BCUT2D eigenvalue weighted by molar-refractivity contribution is 7.00. The Morgan fingerprint density at radius 2 is 0.821 bits per heavy atom. The first-order valence-corrected chi connectivity index (χ1v) is 31.3. The largest absolute Gasteiger partial charge is 0.454 e. The number of para-hydroxylation sites is 4. The second-order valence-corrected chi connectivity index (χ2v) is 29.2.